The Kier molecular flexibility index (Phi) is 3.94. The first-order valence-corrected chi connectivity index (χ1v) is 5.83. The lowest BCUT2D eigenvalue weighted by Crippen LogP contribution is -2.34. The second-order valence-electron chi connectivity index (χ2n) is 3.37. The van der Waals surface area contributed by atoms with Crippen LogP contribution in [0.1, 0.15) is 11.8 Å². The minimum Gasteiger partial charge on any atom is -0.486 e. The number of aliphatic hydroxyl groups is 1. The van der Waals surface area contributed by atoms with Gasteiger partial charge in [-0.05, 0) is 22.0 Å². The molecule has 3 nitrogen and oxygen atoms in total. The van der Waals surface area contributed by atoms with E-state index in [1.807, 2.05) is 13.0 Å². The van der Waals surface area contributed by atoms with Crippen molar-refractivity contribution in [1.82, 2.24) is 0 Å². The Labute approximate surface area is 96.0 Å². The summed E-state index contributed by atoms with van der Waals surface area (Å²) < 4.78 is 6.07. The van der Waals surface area contributed by atoms with Gasteiger partial charge in [0.15, 0.2) is 5.06 Å². The van der Waals surface area contributed by atoms with Crippen LogP contribution in [-0.2, 0) is 5.41 Å². The molecule has 0 radical (unpaired) electrons. The van der Waals surface area contributed by atoms with E-state index in [0.717, 1.165) is 14.4 Å². The largest absolute Gasteiger partial charge is 0.486 e. The molecule has 1 heterocycles. The Hall–Kier alpha value is -0.100. The van der Waals surface area contributed by atoms with Gasteiger partial charge in [0.05, 0.1) is 18.2 Å². The molecule has 0 saturated carbocycles. The summed E-state index contributed by atoms with van der Waals surface area (Å²) in [5, 5.41) is 10.1. The zero-order chi connectivity index (χ0) is 10.8. The van der Waals surface area contributed by atoms with Crippen molar-refractivity contribution in [3.8, 4) is 5.06 Å². The van der Waals surface area contributed by atoms with Gasteiger partial charge in [-0.2, -0.15) is 0 Å². The lowest BCUT2D eigenvalue weighted by Gasteiger charge is -2.23. The molecular formula is C9H14BrNO2S. The normalized spacial score (nSPS) is 15.2. The van der Waals surface area contributed by atoms with Crippen LogP contribution >= 0.6 is 27.3 Å². The van der Waals surface area contributed by atoms with Crippen LogP contribution in [0.4, 0.5) is 0 Å². The van der Waals surface area contributed by atoms with Gasteiger partial charge in [-0.1, -0.05) is 6.92 Å². The summed E-state index contributed by atoms with van der Waals surface area (Å²) in [6.45, 7) is 2.39. The highest BCUT2D eigenvalue weighted by Gasteiger charge is 2.27. The molecule has 0 bridgehead atoms. The highest BCUT2D eigenvalue weighted by atomic mass is 79.9. The van der Waals surface area contributed by atoms with Crippen LogP contribution in [0.3, 0.4) is 0 Å². The van der Waals surface area contributed by atoms with Crippen LogP contribution in [0, 0.1) is 0 Å². The lowest BCUT2D eigenvalue weighted by molar-refractivity contribution is 0.213. The summed E-state index contributed by atoms with van der Waals surface area (Å²) in [5.74, 6) is 0. The molecule has 0 amide bonds. The molecule has 0 spiro atoms. The molecule has 5 heteroatoms. The molecular weight excluding hydrogens is 266 g/mol. The fraction of sp³-hybridized carbons (Fsp3) is 0.556. The summed E-state index contributed by atoms with van der Waals surface area (Å²) >= 11 is 4.90. The minimum absolute atomic E-state index is 0.0413. The fourth-order valence-corrected chi connectivity index (χ4v) is 2.83. The molecule has 1 rings (SSSR count). The van der Waals surface area contributed by atoms with Gasteiger partial charge >= 0.3 is 0 Å². The molecule has 0 aliphatic carbocycles. The van der Waals surface area contributed by atoms with Gasteiger partial charge in [0.2, 0.25) is 0 Å². The Bertz CT molecular complexity index is 310. The van der Waals surface area contributed by atoms with Gasteiger partial charge in [0, 0.05) is 16.8 Å². The maximum atomic E-state index is 9.28. The number of hydrogen-bond donors (Lipinski definition) is 2. The molecule has 1 aromatic rings. The summed E-state index contributed by atoms with van der Waals surface area (Å²) in [5.41, 5.74) is 5.27. The van der Waals surface area contributed by atoms with Gasteiger partial charge in [-0.15, -0.1) is 11.3 Å². The van der Waals surface area contributed by atoms with Gasteiger partial charge < -0.3 is 15.6 Å². The molecule has 80 valence electrons. The first-order valence-electron chi connectivity index (χ1n) is 4.22. The van der Waals surface area contributed by atoms with Gasteiger partial charge in [0.25, 0.3) is 0 Å². The van der Waals surface area contributed by atoms with Crippen molar-refractivity contribution < 1.29 is 9.84 Å². The monoisotopic (exact) mass is 279 g/mol. The predicted octanol–water partition coefficient (Wildman–Crippen LogP) is 1.73. The zero-order valence-electron chi connectivity index (χ0n) is 8.21. The van der Waals surface area contributed by atoms with Crippen molar-refractivity contribution in [2.75, 3.05) is 20.3 Å². The molecule has 0 fully saturated rings. The van der Waals surface area contributed by atoms with Gasteiger partial charge in [-0.3, -0.25) is 0 Å². The number of ether oxygens (including phenoxy) is 1. The van der Waals surface area contributed by atoms with E-state index in [2.05, 4.69) is 15.9 Å². The third-order valence-electron chi connectivity index (χ3n) is 2.24. The van der Waals surface area contributed by atoms with E-state index in [-0.39, 0.29) is 12.0 Å². The smallest absolute Gasteiger partial charge is 0.188 e. The average molecular weight is 280 g/mol. The molecule has 0 aromatic carbocycles. The number of aliphatic hydroxyl groups excluding tert-OH is 1. The predicted molar refractivity (Wildman–Crippen MR) is 62.1 cm³/mol. The molecule has 3 N–H and O–H groups in total. The van der Waals surface area contributed by atoms with E-state index in [1.165, 1.54) is 11.3 Å². The maximum Gasteiger partial charge on any atom is 0.188 e. The van der Waals surface area contributed by atoms with E-state index in [0.29, 0.717) is 6.54 Å². The topological polar surface area (TPSA) is 55.5 Å². The van der Waals surface area contributed by atoms with Crippen LogP contribution in [0.25, 0.3) is 0 Å². The van der Waals surface area contributed by atoms with Crippen molar-refractivity contribution >= 4 is 27.3 Å². The van der Waals surface area contributed by atoms with Crippen LogP contribution in [0.2, 0.25) is 0 Å². The first-order chi connectivity index (χ1) is 6.57. The SMILES string of the molecule is COc1sc(C(C)(CN)CO)cc1Br. The summed E-state index contributed by atoms with van der Waals surface area (Å²) in [6, 6.07) is 1.95. The molecule has 1 atom stereocenters. The number of halogens is 1. The summed E-state index contributed by atoms with van der Waals surface area (Å²) in [6.07, 6.45) is 0. The Morgan fingerprint density at radius 2 is 2.36 bits per heavy atom. The van der Waals surface area contributed by atoms with Crippen molar-refractivity contribution in [3.05, 3.63) is 15.4 Å². The van der Waals surface area contributed by atoms with E-state index in [4.69, 9.17) is 10.5 Å². The third-order valence-corrected chi connectivity index (χ3v) is 4.49. The van der Waals surface area contributed by atoms with Gasteiger partial charge in [-0.25, -0.2) is 0 Å². The number of rotatable bonds is 4. The van der Waals surface area contributed by atoms with E-state index in [9.17, 15) is 5.11 Å². The zero-order valence-corrected chi connectivity index (χ0v) is 10.6. The highest BCUT2D eigenvalue weighted by molar-refractivity contribution is 9.10. The fourth-order valence-electron chi connectivity index (χ4n) is 1.03. The number of methoxy groups -OCH3 is 1. The van der Waals surface area contributed by atoms with E-state index >= 15 is 0 Å². The van der Waals surface area contributed by atoms with Gasteiger partial charge in [0.1, 0.15) is 0 Å². The highest BCUT2D eigenvalue weighted by Crippen LogP contribution is 2.40. The van der Waals surface area contributed by atoms with Crippen LogP contribution < -0.4 is 10.5 Å². The molecule has 0 saturated heterocycles. The summed E-state index contributed by atoms with van der Waals surface area (Å²) in [7, 11) is 1.62. The molecule has 0 aliphatic rings. The summed E-state index contributed by atoms with van der Waals surface area (Å²) in [4.78, 5) is 1.03. The van der Waals surface area contributed by atoms with E-state index < -0.39 is 0 Å². The van der Waals surface area contributed by atoms with Crippen molar-refractivity contribution in [2.24, 2.45) is 5.73 Å². The Morgan fingerprint density at radius 1 is 1.71 bits per heavy atom. The average Bonchev–Trinajstić information content (AvgIpc) is 2.59. The first kappa shape index (κ1) is 12.0. The second kappa shape index (κ2) is 4.61. The standard InChI is InChI=1S/C9H14BrNO2S/c1-9(4-11,5-12)7-3-6(10)8(13-2)14-7/h3,12H,4-5,11H2,1-2H3. The molecule has 1 unspecified atom stereocenters. The second-order valence-corrected chi connectivity index (χ2v) is 5.24. The molecule has 0 aliphatic heterocycles. The molecule has 1 aromatic heterocycles. The van der Waals surface area contributed by atoms with Crippen LogP contribution in [-0.4, -0.2) is 25.4 Å². The van der Waals surface area contributed by atoms with Crippen molar-refractivity contribution in [1.29, 1.82) is 0 Å². The molecule has 14 heavy (non-hydrogen) atoms. The Morgan fingerprint density at radius 3 is 2.71 bits per heavy atom. The Balaban J connectivity index is 3.06. The number of nitrogens with two attached hydrogens (primary N) is 1. The minimum atomic E-state index is -0.371. The quantitative estimate of drug-likeness (QED) is 0.883. The third kappa shape index (κ3) is 2.11. The van der Waals surface area contributed by atoms with Crippen LogP contribution in [0.5, 0.6) is 5.06 Å². The van der Waals surface area contributed by atoms with Crippen molar-refractivity contribution in [2.45, 2.75) is 12.3 Å². The lowest BCUT2D eigenvalue weighted by atomic mass is 9.90. The number of thiophene rings is 1. The van der Waals surface area contributed by atoms with E-state index in [1.54, 1.807) is 7.11 Å². The maximum absolute atomic E-state index is 9.28. The van der Waals surface area contributed by atoms with Crippen LogP contribution in [0.15, 0.2) is 10.5 Å². The number of hydrogen-bond acceptors (Lipinski definition) is 4. The van der Waals surface area contributed by atoms with Crippen molar-refractivity contribution in [3.63, 3.8) is 0 Å².